The molecular weight excluding hydrogens is 192 g/mol. The van der Waals surface area contributed by atoms with E-state index in [9.17, 15) is 0 Å². The summed E-state index contributed by atoms with van der Waals surface area (Å²) in [5, 5.41) is 4.46. The van der Waals surface area contributed by atoms with E-state index in [1.54, 1.807) is 0 Å². The van der Waals surface area contributed by atoms with Gasteiger partial charge in [0.25, 0.3) is 0 Å². The van der Waals surface area contributed by atoms with Crippen molar-refractivity contribution in [3.05, 3.63) is 24.0 Å². The van der Waals surface area contributed by atoms with Crippen LogP contribution in [-0.2, 0) is 6.54 Å². The highest BCUT2D eigenvalue weighted by atomic mass is 32.2. The second-order valence-electron chi connectivity index (χ2n) is 3.89. The number of hydrogen-bond acceptors (Lipinski definition) is 2. The maximum Gasteiger partial charge on any atom is 0.0360 e. The molecule has 0 radical (unpaired) electrons. The molecule has 78 valence electrons. The lowest BCUT2D eigenvalue weighted by Crippen LogP contribution is -2.33. The summed E-state index contributed by atoms with van der Waals surface area (Å²) in [4.78, 5) is 3.22. The van der Waals surface area contributed by atoms with Crippen LogP contribution in [0.25, 0.3) is 0 Å². The molecule has 2 nitrogen and oxygen atoms in total. The number of hydrogen-bond donors (Lipinski definition) is 2. The van der Waals surface area contributed by atoms with Gasteiger partial charge in [-0.3, -0.25) is 0 Å². The first-order chi connectivity index (χ1) is 6.90. The Morgan fingerprint density at radius 1 is 1.57 bits per heavy atom. The average molecular weight is 210 g/mol. The van der Waals surface area contributed by atoms with E-state index in [1.807, 2.05) is 18.0 Å². The SMILES string of the molecule is CSC1CCCC1NCc1ccc[nH]1. The fourth-order valence-electron chi connectivity index (χ4n) is 2.16. The Labute approximate surface area is 89.9 Å². The monoisotopic (exact) mass is 210 g/mol. The molecule has 14 heavy (non-hydrogen) atoms. The van der Waals surface area contributed by atoms with Crippen molar-refractivity contribution in [2.24, 2.45) is 0 Å². The van der Waals surface area contributed by atoms with Crippen LogP contribution >= 0.6 is 11.8 Å². The highest BCUT2D eigenvalue weighted by molar-refractivity contribution is 7.99. The average Bonchev–Trinajstić information content (AvgIpc) is 2.85. The van der Waals surface area contributed by atoms with Gasteiger partial charge in [0.2, 0.25) is 0 Å². The molecule has 2 N–H and O–H groups in total. The molecule has 2 rings (SSSR count). The predicted molar refractivity (Wildman–Crippen MR) is 62.6 cm³/mol. The largest absolute Gasteiger partial charge is 0.364 e. The van der Waals surface area contributed by atoms with Crippen LogP contribution in [0, 0.1) is 0 Å². The molecule has 1 fully saturated rings. The molecule has 1 aromatic rings. The van der Waals surface area contributed by atoms with Crippen LogP contribution in [0.2, 0.25) is 0 Å². The van der Waals surface area contributed by atoms with Gasteiger partial charge >= 0.3 is 0 Å². The lowest BCUT2D eigenvalue weighted by atomic mass is 10.2. The smallest absolute Gasteiger partial charge is 0.0360 e. The van der Waals surface area contributed by atoms with Crippen molar-refractivity contribution >= 4 is 11.8 Å². The van der Waals surface area contributed by atoms with Gasteiger partial charge in [0, 0.05) is 29.7 Å². The number of rotatable bonds is 4. The Balaban J connectivity index is 1.80. The molecule has 1 aromatic heterocycles. The zero-order chi connectivity index (χ0) is 9.80. The van der Waals surface area contributed by atoms with Crippen molar-refractivity contribution < 1.29 is 0 Å². The van der Waals surface area contributed by atoms with E-state index in [0.29, 0.717) is 6.04 Å². The van der Waals surface area contributed by atoms with Gasteiger partial charge in [0.15, 0.2) is 0 Å². The number of thioether (sulfide) groups is 1. The lowest BCUT2D eigenvalue weighted by molar-refractivity contribution is 0.528. The van der Waals surface area contributed by atoms with Gasteiger partial charge in [0.1, 0.15) is 0 Å². The number of aromatic amines is 1. The van der Waals surface area contributed by atoms with Crippen LogP contribution in [0.1, 0.15) is 25.0 Å². The third-order valence-corrected chi connectivity index (χ3v) is 4.14. The maximum atomic E-state index is 3.63. The Kier molecular flexibility index (Phi) is 3.54. The minimum Gasteiger partial charge on any atom is -0.364 e. The molecule has 0 bridgehead atoms. The lowest BCUT2D eigenvalue weighted by Gasteiger charge is -2.18. The highest BCUT2D eigenvalue weighted by Gasteiger charge is 2.25. The predicted octanol–water partition coefficient (Wildman–Crippen LogP) is 2.39. The third kappa shape index (κ3) is 2.34. The first-order valence-corrected chi connectivity index (χ1v) is 6.57. The number of aromatic nitrogens is 1. The summed E-state index contributed by atoms with van der Waals surface area (Å²) >= 11 is 2.01. The summed E-state index contributed by atoms with van der Waals surface area (Å²) in [6, 6.07) is 4.90. The molecule has 2 atom stereocenters. The Hall–Kier alpha value is -0.410. The third-order valence-electron chi connectivity index (χ3n) is 2.97. The molecule has 0 spiro atoms. The zero-order valence-corrected chi connectivity index (χ0v) is 9.44. The fourth-order valence-corrected chi connectivity index (χ4v) is 3.12. The molecule has 3 heteroatoms. The summed E-state index contributed by atoms with van der Waals surface area (Å²) in [7, 11) is 0. The van der Waals surface area contributed by atoms with E-state index in [0.717, 1.165) is 11.8 Å². The normalized spacial score (nSPS) is 26.9. The quantitative estimate of drug-likeness (QED) is 0.798. The van der Waals surface area contributed by atoms with E-state index < -0.39 is 0 Å². The van der Waals surface area contributed by atoms with E-state index in [-0.39, 0.29) is 0 Å². The van der Waals surface area contributed by atoms with Gasteiger partial charge in [-0.05, 0) is 31.2 Å². The van der Waals surface area contributed by atoms with Gasteiger partial charge in [-0.25, -0.2) is 0 Å². The van der Waals surface area contributed by atoms with E-state index in [4.69, 9.17) is 0 Å². The van der Waals surface area contributed by atoms with Crippen molar-refractivity contribution in [1.29, 1.82) is 0 Å². The maximum absolute atomic E-state index is 3.63. The van der Waals surface area contributed by atoms with Gasteiger partial charge in [-0.15, -0.1) is 0 Å². The van der Waals surface area contributed by atoms with Crippen molar-refractivity contribution in [3.8, 4) is 0 Å². The highest BCUT2D eigenvalue weighted by Crippen LogP contribution is 2.28. The van der Waals surface area contributed by atoms with Crippen molar-refractivity contribution in [1.82, 2.24) is 10.3 Å². The molecule has 0 saturated heterocycles. The first kappa shape index (κ1) is 10.1. The topological polar surface area (TPSA) is 27.8 Å². The summed E-state index contributed by atoms with van der Waals surface area (Å²) in [5.41, 5.74) is 1.29. The summed E-state index contributed by atoms with van der Waals surface area (Å²) in [6.45, 7) is 0.981. The zero-order valence-electron chi connectivity index (χ0n) is 8.62. The van der Waals surface area contributed by atoms with Crippen molar-refractivity contribution in [2.75, 3.05) is 6.26 Å². The van der Waals surface area contributed by atoms with E-state index in [1.165, 1.54) is 25.0 Å². The van der Waals surface area contributed by atoms with Crippen molar-refractivity contribution in [2.45, 2.75) is 37.1 Å². The van der Waals surface area contributed by atoms with Crippen LogP contribution in [0.15, 0.2) is 18.3 Å². The van der Waals surface area contributed by atoms with Crippen LogP contribution < -0.4 is 5.32 Å². The minimum absolute atomic E-state index is 0.716. The summed E-state index contributed by atoms with van der Waals surface area (Å²) in [6.07, 6.45) is 8.31. The fraction of sp³-hybridized carbons (Fsp3) is 0.636. The van der Waals surface area contributed by atoms with Crippen LogP contribution in [-0.4, -0.2) is 22.5 Å². The van der Waals surface area contributed by atoms with Gasteiger partial charge in [0.05, 0.1) is 0 Å². The van der Waals surface area contributed by atoms with Gasteiger partial charge in [-0.1, -0.05) is 6.42 Å². The second kappa shape index (κ2) is 4.89. The summed E-state index contributed by atoms with van der Waals surface area (Å²) < 4.78 is 0. The van der Waals surface area contributed by atoms with Crippen LogP contribution in [0.4, 0.5) is 0 Å². The van der Waals surface area contributed by atoms with Crippen LogP contribution in [0.5, 0.6) is 0 Å². The number of H-pyrrole nitrogens is 1. The molecule has 0 aromatic carbocycles. The molecule has 1 aliphatic rings. The molecule has 1 saturated carbocycles. The Morgan fingerprint density at radius 3 is 3.21 bits per heavy atom. The molecule has 0 amide bonds. The molecule has 2 unspecified atom stereocenters. The minimum atomic E-state index is 0.716. The standard InChI is InChI=1S/C11H18N2S/c1-14-11-6-2-5-10(11)13-8-9-4-3-7-12-9/h3-4,7,10-13H,2,5-6,8H2,1H3. The first-order valence-electron chi connectivity index (χ1n) is 5.28. The second-order valence-corrected chi connectivity index (χ2v) is 4.96. The Morgan fingerprint density at radius 2 is 2.50 bits per heavy atom. The number of nitrogens with one attached hydrogen (secondary N) is 2. The van der Waals surface area contributed by atoms with E-state index >= 15 is 0 Å². The van der Waals surface area contributed by atoms with E-state index in [2.05, 4.69) is 28.7 Å². The molecule has 1 aliphatic carbocycles. The van der Waals surface area contributed by atoms with Crippen molar-refractivity contribution in [3.63, 3.8) is 0 Å². The van der Waals surface area contributed by atoms with Crippen LogP contribution in [0.3, 0.4) is 0 Å². The van der Waals surface area contributed by atoms with Gasteiger partial charge < -0.3 is 10.3 Å². The molecule has 0 aliphatic heterocycles. The molecular formula is C11H18N2S. The van der Waals surface area contributed by atoms with Gasteiger partial charge in [-0.2, -0.15) is 11.8 Å². The summed E-state index contributed by atoms with van der Waals surface area (Å²) in [5.74, 6) is 0. The molecule has 1 heterocycles. The Bertz CT molecular complexity index is 258.